The van der Waals surface area contributed by atoms with Crippen molar-refractivity contribution >= 4 is 20.6 Å². The number of aliphatic hydroxyl groups is 1. The van der Waals surface area contributed by atoms with Gasteiger partial charge in [-0.05, 0) is 85.2 Å². The van der Waals surface area contributed by atoms with E-state index in [1.807, 2.05) is 6.07 Å². The van der Waals surface area contributed by atoms with Crippen LogP contribution in [0.3, 0.4) is 0 Å². The molecule has 7 nitrogen and oxygen atoms in total. The highest BCUT2D eigenvalue weighted by atomic mass is 28.4. The van der Waals surface area contributed by atoms with Gasteiger partial charge in [-0.15, -0.1) is 0 Å². The van der Waals surface area contributed by atoms with E-state index in [0.717, 1.165) is 56.5 Å². The van der Waals surface area contributed by atoms with Crippen LogP contribution < -0.4 is 0 Å². The summed E-state index contributed by atoms with van der Waals surface area (Å²) in [5, 5.41) is 12.5. The van der Waals surface area contributed by atoms with Crippen molar-refractivity contribution in [1.82, 2.24) is 0 Å². The van der Waals surface area contributed by atoms with E-state index in [1.54, 1.807) is 35.4 Å². The molecule has 1 N–H and O–H groups in total. The summed E-state index contributed by atoms with van der Waals surface area (Å²) in [4.78, 5) is 26.4. The van der Waals surface area contributed by atoms with Crippen molar-refractivity contribution in [2.75, 3.05) is 6.61 Å². The minimum atomic E-state index is -2.48. The molecule has 5 aliphatic rings. The highest BCUT2D eigenvalue weighted by molar-refractivity contribution is 6.73. The van der Waals surface area contributed by atoms with E-state index in [4.69, 9.17) is 18.6 Å². The quantitative estimate of drug-likeness (QED) is 0.124. The lowest BCUT2D eigenvalue weighted by molar-refractivity contribution is -0.217. The Morgan fingerprint density at radius 1 is 1.09 bits per heavy atom. The molecule has 0 spiro atoms. The Hall–Kier alpha value is -2.52. The maximum atomic E-state index is 13.3. The molecule has 7 atom stereocenters. The largest absolute Gasteiger partial charge is 0.506 e. The average molecular weight is 649 g/mol. The zero-order valence-corrected chi connectivity index (χ0v) is 29.7. The molecule has 8 heteroatoms. The third-order valence-corrected chi connectivity index (χ3v) is 17.3. The van der Waals surface area contributed by atoms with Crippen molar-refractivity contribution in [3.63, 3.8) is 0 Å². The molecule has 0 radical (unpaired) electrons. The Labute approximate surface area is 275 Å². The number of aldehydes is 1. The number of carbonyl (C=O) groups excluding carboxylic acids is 2. The SMILES string of the molecule is CC[Si](CC)(CC)O[C@]12C(O)=C(OC(=O)c3ccccc3)CO[C@H]1O[C@H]1[C@H]2C(C=O)=CC[C@@H]2C3=C(C(C)C)CC[C@]3(C)CC[C@]21C. The first-order valence-corrected chi connectivity index (χ1v) is 20.0. The molecule has 0 aromatic heterocycles. The molecule has 250 valence electrons. The first kappa shape index (κ1) is 33.4. The molecule has 2 heterocycles. The average Bonchev–Trinajstić information content (AvgIpc) is 3.56. The Bertz CT molecular complexity index is 1450. The van der Waals surface area contributed by atoms with Crippen LogP contribution >= 0.6 is 0 Å². The molecule has 0 bridgehead atoms. The first-order chi connectivity index (χ1) is 21.9. The van der Waals surface area contributed by atoms with E-state index in [0.29, 0.717) is 17.1 Å². The summed E-state index contributed by atoms with van der Waals surface area (Å²) in [5.74, 6) is -0.710. The number of hydrogen-bond donors (Lipinski definition) is 1. The lowest BCUT2D eigenvalue weighted by Crippen LogP contribution is -2.60. The summed E-state index contributed by atoms with van der Waals surface area (Å²) in [6.07, 6.45) is 6.63. The van der Waals surface area contributed by atoms with Gasteiger partial charge in [0.15, 0.2) is 31.7 Å². The lowest BCUT2D eigenvalue weighted by atomic mass is 9.53. The lowest BCUT2D eigenvalue weighted by Gasteiger charge is -2.53. The number of allylic oxidation sites excluding steroid dienone is 3. The van der Waals surface area contributed by atoms with Crippen LogP contribution in [-0.2, 0) is 23.4 Å². The summed E-state index contributed by atoms with van der Waals surface area (Å²) >= 11 is 0. The van der Waals surface area contributed by atoms with Gasteiger partial charge in [-0.3, -0.25) is 4.79 Å². The van der Waals surface area contributed by atoms with Crippen molar-refractivity contribution in [2.45, 2.75) is 117 Å². The smallest absolute Gasteiger partial charge is 0.343 e. The van der Waals surface area contributed by atoms with Crippen LogP contribution in [0.25, 0.3) is 0 Å². The second-order valence-electron chi connectivity index (χ2n) is 15.1. The number of hydrogen-bond acceptors (Lipinski definition) is 7. The monoisotopic (exact) mass is 648 g/mol. The normalized spacial score (nSPS) is 35.6. The number of benzene rings is 1. The number of rotatable bonds is 9. The fourth-order valence-corrected chi connectivity index (χ4v) is 12.6. The highest BCUT2D eigenvalue weighted by Gasteiger charge is 2.71. The van der Waals surface area contributed by atoms with E-state index >= 15 is 0 Å². The molecule has 2 fully saturated rings. The van der Waals surface area contributed by atoms with Crippen molar-refractivity contribution < 1.29 is 33.3 Å². The standard InChI is InChI=1S/C38H52O7Si/c1-8-46(9-2,10-3)45-38-30-26(22-39)16-17-28-31-27(24(4)5)18-19-36(31,6)20-21-37(28,7)33(30)44-35(38)42-23-29(32(38)40)43-34(41)25-14-12-11-13-15-25/h11-16,22,24,28,30,33,35,40H,8-10,17-21,23H2,1-7H3/t28-,30-,33+,35+,36-,37-,38-/m1/s1. The van der Waals surface area contributed by atoms with Gasteiger partial charge in [-0.1, -0.05) is 83.9 Å². The molecule has 46 heavy (non-hydrogen) atoms. The van der Waals surface area contributed by atoms with Crippen LogP contribution in [0.2, 0.25) is 18.1 Å². The fraction of sp³-hybridized carbons (Fsp3) is 0.632. The summed E-state index contributed by atoms with van der Waals surface area (Å²) in [6.45, 7) is 15.6. The van der Waals surface area contributed by atoms with Gasteiger partial charge in [0.1, 0.15) is 12.9 Å². The van der Waals surface area contributed by atoms with E-state index in [9.17, 15) is 14.7 Å². The molecule has 1 saturated carbocycles. The Morgan fingerprint density at radius 2 is 1.78 bits per heavy atom. The molecule has 1 aromatic carbocycles. The first-order valence-electron chi connectivity index (χ1n) is 17.5. The van der Waals surface area contributed by atoms with Crippen LogP contribution in [0, 0.1) is 28.6 Å². The minimum absolute atomic E-state index is 0.0218. The minimum Gasteiger partial charge on any atom is -0.506 e. The molecule has 3 aliphatic carbocycles. The predicted octanol–water partition coefficient (Wildman–Crippen LogP) is 8.44. The Morgan fingerprint density at radius 3 is 2.41 bits per heavy atom. The van der Waals surface area contributed by atoms with Crippen molar-refractivity contribution in [3.05, 3.63) is 70.2 Å². The number of esters is 1. The number of carbonyl (C=O) groups is 2. The second-order valence-corrected chi connectivity index (χ2v) is 19.8. The third-order valence-electron chi connectivity index (χ3n) is 12.7. The zero-order valence-electron chi connectivity index (χ0n) is 28.7. The van der Waals surface area contributed by atoms with Crippen LogP contribution in [0.5, 0.6) is 0 Å². The Kier molecular flexibility index (Phi) is 8.83. The summed E-state index contributed by atoms with van der Waals surface area (Å²) in [5.41, 5.74) is 2.36. The van der Waals surface area contributed by atoms with Gasteiger partial charge in [0, 0.05) is 5.41 Å². The Balaban J connectivity index is 1.53. The van der Waals surface area contributed by atoms with Gasteiger partial charge in [0.25, 0.3) is 0 Å². The van der Waals surface area contributed by atoms with E-state index in [2.05, 4.69) is 54.5 Å². The van der Waals surface area contributed by atoms with E-state index in [-0.39, 0.29) is 34.9 Å². The fourth-order valence-electron chi connectivity index (χ4n) is 9.66. The molecule has 1 saturated heterocycles. The number of aliphatic hydroxyl groups excluding tert-OH is 1. The predicted molar refractivity (Wildman–Crippen MR) is 179 cm³/mol. The van der Waals surface area contributed by atoms with Crippen molar-refractivity contribution in [2.24, 2.45) is 28.6 Å². The van der Waals surface area contributed by atoms with Gasteiger partial charge < -0.3 is 23.7 Å². The molecule has 0 amide bonds. The van der Waals surface area contributed by atoms with Gasteiger partial charge >= 0.3 is 5.97 Å². The molecule has 6 rings (SSSR count). The molecular weight excluding hydrogens is 596 g/mol. The maximum Gasteiger partial charge on any atom is 0.343 e. The van der Waals surface area contributed by atoms with E-state index in [1.165, 1.54) is 0 Å². The molecule has 1 aromatic rings. The highest BCUT2D eigenvalue weighted by Crippen LogP contribution is 2.67. The van der Waals surface area contributed by atoms with Gasteiger partial charge in [0.2, 0.25) is 0 Å². The third kappa shape index (κ3) is 4.92. The van der Waals surface area contributed by atoms with Crippen molar-refractivity contribution in [1.29, 1.82) is 0 Å². The summed E-state index contributed by atoms with van der Waals surface area (Å²) < 4.78 is 26.8. The zero-order chi connectivity index (χ0) is 33.1. The number of ether oxygens (including phenoxy) is 3. The van der Waals surface area contributed by atoms with Crippen LogP contribution in [0.15, 0.2) is 64.6 Å². The van der Waals surface area contributed by atoms with Gasteiger partial charge in [0.05, 0.1) is 17.6 Å². The molecular formula is C38H52O7Si. The second kappa shape index (κ2) is 12.2. The van der Waals surface area contributed by atoms with Crippen LogP contribution in [-0.4, -0.2) is 50.3 Å². The van der Waals surface area contributed by atoms with Gasteiger partial charge in [-0.25, -0.2) is 4.79 Å². The van der Waals surface area contributed by atoms with E-state index < -0.39 is 38.2 Å². The topological polar surface area (TPSA) is 91.3 Å². The summed E-state index contributed by atoms with van der Waals surface area (Å²) in [7, 11) is -2.48. The summed E-state index contributed by atoms with van der Waals surface area (Å²) in [6, 6.07) is 11.2. The molecule has 0 unspecified atom stereocenters. The van der Waals surface area contributed by atoms with Gasteiger partial charge in [-0.2, -0.15) is 0 Å². The maximum absolute atomic E-state index is 13.3. The van der Waals surface area contributed by atoms with Crippen molar-refractivity contribution in [3.8, 4) is 0 Å². The van der Waals surface area contributed by atoms with Crippen LogP contribution in [0.4, 0.5) is 0 Å². The van der Waals surface area contributed by atoms with Crippen LogP contribution in [0.1, 0.15) is 90.9 Å². The molecule has 2 aliphatic heterocycles. The number of fused-ring (bicyclic) bond motifs is 7.